The summed E-state index contributed by atoms with van der Waals surface area (Å²) in [4.78, 5) is 13.3. The lowest BCUT2D eigenvalue weighted by Gasteiger charge is -2.14. The van der Waals surface area contributed by atoms with Gasteiger partial charge in [-0.2, -0.15) is 0 Å². The molecular formula is C18H12ClFN2O3S. The van der Waals surface area contributed by atoms with Crippen LogP contribution in [0.2, 0.25) is 5.02 Å². The Kier molecular flexibility index (Phi) is 3.68. The summed E-state index contributed by atoms with van der Waals surface area (Å²) < 4.78 is 41.8. The van der Waals surface area contributed by atoms with Crippen molar-refractivity contribution in [3.8, 4) is 0 Å². The van der Waals surface area contributed by atoms with E-state index in [0.717, 1.165) is 6.07 Å². The van der Waals surface area contributed by atoms with E-state index in [0.29, 0.717) is 22.0 Å². The molecule has 0 unspecified atom stereocenters. The van der Waals surface area contributed by atoms with E-state index >= 15 is 0 Å². The molecule has 3 aromatic carbocycles. The van der Waals surface area contributed by atoms with Gasteiger partial charge in [-0.05, 0) is 30.3 Å². The maximum atomic E-state index is 14.2. The fourth-order valence-corrected chi connectivity index (χ4v) is 4.53. The second-order valence-corrected chi connectivity index (χ2v) is 7.94. The number of hydrogen-bond acceptors (Lipinski definition) is 3. The number of rotatable bonds is 3. The van der Waals surface area contributed by atoms with Gasteiger partial charge < -0.3 is 4.90 Å². The molecule has 8 heteroatoms. The molecule has 0 aromatic heterocycles. The number of benzene rings is 3. The highest BCUT2D eigenvalue weighted by molar-refractivity contribution is 7.92. The van der Waals surface area contributed by atoms with E-state index in [9.17, 15) is 17.6 Å². The van der Waals surface area contributed by atoms with Crippen LogP contribution < -0.4 is 9.62 Å². The highest BCUT2D eigenvalue weighted by Crippen LogP contribution is 2.40. The van der Waals surface area contributed by atoms with Gasteiger partial charge in [0.05, 0.1) is 16.4 Å². The van der Waals surface area contributed by atoms with Gasteiger partial charge in [0.1, 0.15) is 4.90 Å². The summed E-state index contributed by atoms with van der Waals surface area (Å²) >= 11 is 5.69. The average molecular weight is 391 g/mol. The minimum atomic E-state index is -4.20. The van der Waals surface area contributed by atoms with E-state index in [-0.39, 0.29) is 16.6 Å². The topological polar surface area (TPSA) is 66.5 Å². The van der Waals surface area contributed by atoms with Crippen molar-refractivity contribution < 1.29 is 17.6 Å². The predicted molar refractivity (Wildman–Crippen MR) is 98.9 cm³/mol. The molecule has 26 heavy (non-hydrogen) atoms. The van der Waals surface area contributed by atoms with E-state index < -0.39 is 20.7 Å². The minimum absolute atomic E-state index is 0.161. The summed E-state index contributed by atoms with van der Waals surface area (Å²) in [6.07, 6.45) is 0. The number of sulfonamides is 1. The van der Waals surface area contributed by atoms with Crippen LogP contribution in [0.15, 0.2) is 53.4 Å². The number of amides is 1. The van der Waals surface area contributed by atoms with E-state index in [1.807, 2.05) is 0 Å². The Hall–Kier alpha value is -2.64. The minimum Gasteiger partial charge on any atom is -0.311 e. The molecule has 4 rings (SSSR count). The van der Waals surface area contributed by atoms with Gasteiger partial charge in [0.2, 0.25) is 0 Å². The summed E-state index contributed by atoms with van der Waals surface area (Å²) in [6.45, 7) is 0. The number of hydrogen-bond donors (Lipinski definition) is 1. The lowest BCUT2D eigenvalue weighted by atomic mass is 10.0. The molecule has 1 amide bonds. The summed E-state index contributed by atoms with van der Waals surface area (Å²) in [5.74, 6) is -1.17. The standard InChI is InChI=1S/C18H12ClFN2O3S/c1-22-14-9-8-13(10-4-2-5-11(16(10)14)18(22)23)21-26(24,25)15-7-3-6-12(19)17(15)20/h2-9,21H,1H3. The van der Waals surface area contributed by atoms with Crippen molar-refractivity contribution in [2.45, 2.75) is 4.90 Å². The van der Waals surface area contributed by atoms with Crippen LogP contribution in [0.4, 0.5) is 15.8 Å². The van der Waals surface area contributed by atoms with Crippen LogP contribution >= 0.6 is 11.6 Å². The van der Waals surface area contributed by atoms with Crippen LogP contribution in [0.25, 0.3) is 10.8 Å². The summed E-state index contributed by atoms with van der Waals surface area (Å²) in [5, 5.41) is 0.941. The molecule has 1 aliphatic heterocycles. The smallest absolute Gasteiger partial charge is 0.264 e. The van der Waals surface area contributed by atoms with Gasteiger partial charge in [-0.1, -0.05) is 29.8 Å². The molecular weight excluding hydrogens is 379 g/mol. The highest BCUT2D eigenvalue weighted by atomic mass is 35.5. The van der Waals surface area contributed by atoms with Crippen LogP contribution in [-0.4, -0.2) is 21.4 Å². The zero-order chi connectivity index (χ0) is 18.6. The lowest BCUT2D eigenvalue weighted by Crippen LogP contribution is -2.20. The van der Waals surface area contributed by atoms with E-state index in [1.54, 1.807) is 37.4 Å². The third kappa shape index (κ3) is 2.35. The normalized spacial score (nSPS) is 13.5. The number of nitrogens with one attached hydrogen (secondary N) is 1. The third-order valence-electron chi connectivity index (χ3n) is 4.37. The zero-order valence-electron chi connectivity index (χ0n) is 13.5. The van der Waals surface area contributed by atoms with E-state index in [4.69, 9.17) is 11.6 Å². The molecule has 0 atom stereocenters. The van der Waals surface area contributed by atoms with Crippen molar-refractivity contribution in [2.75, 3.05) is 16.7 Å². The van der Waals surface area contributed by atoms with Gasteiger partial charge in [0.15, 0.2) is 5.82 Å². The van der Waals surface area contributed by atoms with Gasteiger partial charge in [0.25, 0.3) is 15.9 Å². The molecule has 1 aliphatic rings. The van der Waals surface area contributed by atoms with Gasteiger partial charge in [-0.15, -0.1) is 0 Å². The maximum absolute atomic E-state index is 14.2. The SMILES string of the molecule is CN1C(=O)c2cccc3c(NS(=O)(=O)c4cccc(Cl)c4F)ccc1c23. The number of carbonyl (C=O) groups excluding carboxylic acids is 1. The number of halogens is 2. The summed E-state index contributed by atoms with van der Waals surface area (Å²) in [7, 11) is -2.54. The number of carbonyl (C=O) groups is 1. The Balaban J connectivity index is 1.87. The fraction of sp³-hybridized carbons (Fsp3) is 0.0556. The van der Waals surface area contributed by atoms with Gasteiger partial charge in [-0.25, -0.2) is 12.8 Å². The quantitative estimate of drug-likeness (QED) is 0.734. The van der Waals surface area contributed by atoms with Crippen LogP contribution in [-0.2, 0) is 10.0 Å². The molecule has 3 aromatic rings. The zero-order valence-corrected chi connectivity index (χ0v) is 15.0. The number of anilines is 2. The molecule has 0 fully saturated rings. The molecule has 132 valence electrons. The van der Waals surface area contributed by atoms with Crippen LogP contribution in [0.5, 0.6) is 0 Å². The monoisotopic (exact) mass is 390 g/mol. The van der Waals surface area contributed by atoms with Crippen molar-refractivity contribution in [3.05, 3.63) is 64.9 Å². The van der Waals surface area contributed by atoms with E-state index in [2.05, 4.69) is 4.72 Å². The molecule has 0 saturated carbocycles. The first-order chi connectivity index (χ1) is 12.3. The van der Waals surface area contributed by atoms with Crippen LogP contribution in [0.1, 0.15) is 10.4 Å². The van der Waals surface area contributed by atoms with Crippen LogP contribution in [0.3, 0.4) is 0 Å². The first-order valence-electron chi connectivity index (χ1n) is 7.62. The molecule has 0 saturated heterocycles. The average Bonchev–Trinajstić information content (AvgIpc) is 2.86. The molecule has 5 nitrogen and oxygen atoms in total. The largest absolute Gasteiger partial charge is 0.311 e. The molecule has 1 heterocycles. The molecule has 1 N–H and O–H groups in total. The summed E-state index contributed by atoms with van der Waals surface area (Å²) in [5.41, 5.74) is 1.44. The second kappa shape index (κ2) is 5.69. The van der Waals surface area contributed by atoms with Crippen molar-refractivity contribution in [2.24, 2.45) is 0 Å². The number of nitrogens with zero attached hydrogens (tertiary/aromatic N) is 1. The van der Waals surface area contributed by atoms with Crippen molar-refractivity contribution in [1.82, 2.24) is 0 Å². The first kappa shape index (κ1) is 16.8. The summed E-state index contributed by atoms with van der Waals surface area (Å²) in [6, 6.07) is 12.1. The van der Waals surface area contributed by atoms with Crippen molar-refractivity contribution in [3.63, 3.8) is 0 Å². The lowest BCUT2D eigenvalue weighted by molar-refractivity contribution is 0.0999. The fourth-order valence-electron chi connectivity index (χ4n) is 3.12. The molecule has 0 aliphatic carbocycles. The highest BCUT2D eigenvalue weighted by Gasteiger charge is 2.29. The molecule has 0 spiro atoms. The predicted octanol–water partition coefficient (Wildman–Crippen LogP) is 4.02. The van der Waals surface area contributed by atoms with Crippen molar-refractivity contribution >= 4 is 49.7 Å². The second-order valence-electron chi connectivity index (χ2n) is 5.88. The van der Waals surface area contributed by atoms with Gasteiger partial charge in [0, 0.05) is 23.4 Å². The Morgan fingerprint density at radius 2 is 1.81 bits per heavy atom. The third-order valence-corrected chi connectivity index (χ3v) is 6.04. The Bertz CT molecular complexity index is 1190. The molecule has 0 radical (unpaired) electrons. The Labute approximate surface area is 154 Å². The Morgan fingerprint density at radius 1 is 1.08 bits per heavy atom. The first-order valence-corrected chi connectivity index (χ1v) is 9.48. The molecule has 0 bridgehead atoms. The van der Waals surface area contributed by atoms with Crippen molar-refractivity contribution in [1.29, 1.82) is 0 Å². The maximum Gasteiger partial charge on any atom is 0.264 e. The van der Waals surface area contributed by atoms with Gasteiger partial charge in [-0.3, -0.25) is 9.52 Å². The van der Waals surface area contributed by atoms with Gasteiger partial charge >= 0.3 is 0 Å². The van der Waals surface area contributed by atoms with E-state index in [1.165, 1.54) is 17.0 Å². The van der Waals surface area contributed by atoms with Crippen LogP contribution in [0, 0.1) is 5.82 Å². The Morgan fingerprint density at radius 3 is 2.58 bits per heavy atom.